The summed E-state index contributed by atoms with van der Waals surface area (Å²) < 4.78 is 18.8. The van der Waals surface area contributed by atoms with Crippen molar-refractivity contribution in [2.45, 2.75) is 32.7 Å². The van der Waals surface area contributed by atoms with Crippen molar-refractivity contribution in [2.75, 3.05) is 7.11 Å². The molecule has 0 aromatic heterocycles. The summed E-state index contributed by atoms with van der Waals surface area (Å²) in [7, 11) is 1.48. The molecule has 4 nitrogen and oxygen atoms in total. The van der Waals surface area contributed by atoms with Crippen LogP contribution in [0.2, 0.25) is 0 Å². The minimum atomic E-state index is -0.486. The van der Waals surface area contributed by atoms with E-state index in [2.05, 4.69) is 0 Å². The molecule has 1 aromatic rings. The lowest BCUT2D eigenvalue weighted by Crippen LogP contribution is -2.27. The molecule has 0 bridgehead atoms. The molecule has 4 N–H and O–H groups in total. The molecular formula is C14H21FN2O2. The van der Waals surface area contributed by atoms with E-state index in [4.69, 9.17) is 16.2 Å². The first-order chi connectivity index (χ1) is 8.75. The lowest BCUT2D eigenvalue weighted by Gasteiger charge is -2.27. The zero-order valence-electron chi connectivity index (χ0n) is 11.6. The van der Waals surface area contributed by atoms with Gasteiger partial charge < -0.3 is 16.2 Å². The molecule has 0 aliphatic carbocycles. The van der Waals surface area contributed by atoms with Crippen LogP contribution in [0.1, 0.15) is 38.3 Å². The van der Waals surface area contributed by atoms with Gasteiger partial charge in [0.25, 0.3) is 0 Å². The van der Waals surface area contributed by atoms with Gasteiger partial charge in [0.1, 0.15) is 11.6 Å². The predicted molar refractivity (Wildman–Crippen MR) is 72.1 cm³/mol. The quantitative estimate of drug-likeness (QED) is 0.829. The highest BCUT2D eigenvalue weighted by Gasteiger charge is 2.25. The third-order valence-electron chi connectivity index (χ3n) is 3.03. The molecule has 1 unspecified atom stereocenters. The number of nitrogens with two attached hydrogens (primary N) is 2. The van der Waals surface area contributed by atoms with E-state index < -0.39 is 11.9 Å². The highest BCUT2D eigenvalue weighted by Crippen LogP contribution is 2.33. The number of benzene rings is 1. The van der Waals surface area contributed by atoms with Crippen molar-refractivity contribution < 1.29 is 13.9 Å². The third kappa shape index (κ3) is 4.52. The Hall–Kier alpha value is -1.62. The summed E-state index contributed by atoms with van der Waals surface area (Å²) in [5.74, 6) is -0.334. The molecule has 0 fully saturated rings. The predicted octanol–water partition coefficient (Wildman–Crippen LogP) is 2.13. The number of rotatable bonds is 6. The molecule has 1 rings (SSSR count). The molecule has 1 atom stereocenters. The van der Waals surface area contributed by atoms with Crippen molar-refractivity contribution in [3.8, 4) is 5.75 Å². The lowest BCUT2D eigenvalue weighted by atomic mass is 9.81. The summed E-state index contributed by atoms with van der Waals surface area (Å²) in [5, 5.41) is 0. The first-order valence-electron chi connectivity index (χ1n) is 6.12. The van der Waals surface area contributed by atoms with Crippen molar-refractivity contribution in [3.05, 3.63) is 29.6 Å². The Balaban J connectivity index is 2.83. The summed E-state index contributed by atoms with van der Waals surface area (Å²) in [6, 6.07) is 4.09. The van der Waals surface area contributed by atoms with Crippen LogP contribution in [0.15, 0.2) is 18.2 Å². The van der Waals surface area contributed by atoms with Gasteiger partial charge in [0.05, 0.1) is 7.11 Å². The highest BCUT2D eigenvalue weighted by atomic mass is 19.1. The van der Waals surface area contributed by atoms with Crippen LogP contribution in [0, 0.1) is 11.2 Å². The fourth-order valence-corrected chi connectivity index (χ4v) is 2.18. The number of hydrogen-bond acceptors (Lipinski definition) is 3. The van der Waals surface area contributed by atoms with Crippen LogP contribution in [0.3, 0.4) is 0 Å². The van der Waals surface area contributed by atoms with E-state index in [1.807, 2.05) is 13.8 Å². The number of carbonyl (C=O) groups excluding carboxylic acids is 1. The van der Waals surface area contributed by atoms with E-state index >= 15 is 0 Å². The number of primary amides is 1. The maximum absolute atomic E-state index is 13.9. The van der Waals surface area contributed by atoms with E-state index in [0.29, 0.717) is 17.7 Å². The number of amides is 1. The Kier molecular flexibility index (Phi) is 4.89. The van der Waals surface area contributed by atoms with Crippen LogP contribution in [-0.2, 0) is 4.79 Å². The van der Waals surface area contributed by atoms with Gasteiger partial charge in [-0.05, 0) is 17.9 Å². The Morgan fingerprint density at radius 1 is 1.47 bits per heavy atom. The maximum atomic E-state index is 13.9. The van der Waals surface area contributed by atoms with E-state index in [9.17, 15) is 9.18 Å². The largest absolute Gasteiger partial charge is 0.497 e. The van der Waals surface area contributed by atoms with Gasteiger partial charge in [0.15, 0.2) is 0 Å². The van der Waals surface area contributed by atoms with Crippen LogP contribution in [0.5, 0.6) is 5.75 Å². The zero-order valence-corrected chi connectivity index (χ0v) is 11.6. The first kappa shape index (κ1) is 15.4. The molecule has 0 aliphatic rings. The average molecular weight is 268 g/mol. The molecule has 1 amide bonds. The van der Waals surface area contributed by atoms with Crippen molar-refractivity contribution in [3.63, 3.8) is 0 Å². The Labute approximate surface area is 112 Å². The number of hydrogen-bond donors (Lipinski definition) is 2. The van der Waals surface area contributed by atoms with Crippen molar-refractivity contribution in [1.29, 1.82) is 0 Å². The van der Waals surface area contributed by atoms with Crippen LogP contribution >= 0.6 is 0 Å². The second-order valence-electron chi connectivity index (χ2n) is 5.51. The minimum Gasteiger partial charge on any atom is -0.497 e. The summed E-state index contributed by atoms with van der Waals surface area (Å²) in [6.07, 6.45) is 0.692. The molecule has 19 heavy (non-hydrogen) atoms. The standard InChI is InChI=1S/C14H21FN2O2/c1-14(2,8-13(17)18)7-12(16)10-5-4-9(19-3)6-11(10)15/h4-6,12H,7-8,16H2,1-3H3,(H2,17,18). The molecule has 0 heterocycles. The van der Waals surface area contributed by atoms with E-state index in [1.54, 1.807) is 12.1 Å². The Morgan fingerprint density at radius 3 is 2.58 bits per heavy atom. The average Bonchev–Trinajstić information content (AvgIpc) is 2.25. The van der Waals surface area contributed by atoms with E-state index in [0.717, 1.165) is 0 Å². The fraction of sp³-hybridized carbons (Fsp3) is 0.500. The summed E-state index contributed by atoms with van der Waals surface area (Å²) in [5.41, 5.74) is 11.3. The summed E-state index contributed by atoms with van der Waals surface area (Å²) in [6.45, 7) is 3.78. The van der Waals surface area contributed by atoms with Crippen LogP contribution in [-0.4, -0.2) is 13.0 Å². The topological polar surface area (TPSA) is 78.3 Å². The summed E-state index contributed by atoms with van der Waals surface area (Å²) >= 11 is 0. The van der Waals surface area contributed by atoms with E-state index in [1.165, 1.54) is 13.2 Å². The normalized spacial score (nSPS) is 13.1. The van der Waals surface area contributed by atoms with Gasteiger partial charge in [-0.2, -0.15) is 0 Å². The number of halogens is 1. The molecule has 5 heteroatoms. The van der Waals surface area contributed by atoms with Crippen molar-refractivity contribution >= 4 is 5.91 Å². The summed E-state index contributed by atoms with van der Waals surface area (Å²) in [4.78, 5) is 11.0. The first-order valence-corrected chi connectivity index (χ1v) is 6.12. The second kappa shape index (κ2) is 6.02. The molecule has 0 aliphatic heterocycles. The monoisotopic (exact) mass is 268 g/mol. The van der Waals surface area contributed by atoms with Gasteiger partial charge in [-0.15, -0.1) is 0 Å². The van der Waals surface area contributed by atoms with Crippen LogP contribution < -0.4 is 16.2 Å². The Morgan fingerprint density at radius 2 is 2.11 bits per heavy atom. The SMILES string of the molecule is COc1ccc(C(N)CC(C)(C)CC(N)=O)c(F)c1. The van der Waals surface area contributed by atoms with Gasteiger partial charge in [0, 0.05) is 24.1 Å². The fourth-order valence-electron chi connectivity index (χ4n) is 2.18. The Bertz CT molecular complexity index is 461. The number of methoxy groups -OCH3 is 1. The second-order valence-corrected chi connectivity index (χ2v) is 5.51. The molecule has 0 spiro atoms. The zero-order chi connectivity index (χ0) is 14.6. The lowest BCUT2D eigenvalue weighted by molar-refractivity contribution is -0.120. The molecule has 106 valence electrons. The van der Waals surface area contributed by atoms with Crippen molar-refractivity contribution in [1.82, 2.24) is 0 Å². The number of carbonyl (C=O) groups is 1. The molecule has 0 radical (unpaired) electrons. The minimum absolute atomic E-state index is 0.221. The van der Waals surface area contributed by atoms with Crippen LogP contribution in [0.25, 0.3) is 0 Å². The van der Waals surface area contributed by atoms with E-state index in [-0.39, 0.29) is 17.7 Å². The third-order valence-corrected chi connectivity index (χ3v) is 3.03. The van der Waals surface area contributed by atoms with Gasteiger partial charge in [-0.1, -0.05) is 19.9 Å². The van der Waals surface area contributed by atoms with Gasteiger partial charge in [-0.25, -0.2) is 4.39 Å². The molecular weight excluding hydrogens is 247 g/mol. The maximum Gasteiger partial charge on any atom is 0.217 e. The van der Waals surface area contributed by atoms with Gasteiger partial charge in [-0.3, -0.25) is 4.79 Å². The van der Waals surface area contributed by atoms with Gasteiger partial charge in [0.2, 0.25) is 5.91 Å². The molecule has 1 aromatic carbocycles. The molecule has 0 saturated carbocycles. The molecule has 0 saturated heterocycles. The van der Waals surface area contributed by atoms with Gasteiger partial charge >= 0.3 is 0 Å². The smallest absolute Gasteiger partial charge is 0.217 e. The number of ether oxygens (including phenoxy) is 1. The highest BCUT2D eigenvalue weighted by molar-refractivity contribution is 5.74. The van der Waals surface area contributed by atoms with Crippen molar-refractivity contribution in [2.24, 2.45) is 16.9 Å². The van der Waals surface area contributed by atoms with Crippen LogP contribution in [0.4, 0.5) is 4.39 Å².